The van der Waals surface area contributed by atoms with Gasteiger partial charge in [0.25, 0.3) is 5.91 Å². The first kappa shape index (κ1) is 16.7. The van der Waals surface area contributed by atoms with Gasteiger partial charge in [-0.3, -0.25) is 4.79 Å². The van der Waals surface area contributed by atoms with Gasteiger partial charge in [0.15, 0.2) is 0 Å². The number of hydrogen-bond acceptors (Lipinski definition) is 3. The highest BCUT2D eigenvalue weighted by molar-refractivity contribution is 6.31. The lowest BCUT2D eigenvalue weighted by Gasteiger charge is -2.11. The van der Waals surface area contributed by atoms with Crippen molar-refractivity contribution >= 4 is 17.5 Å². The summed E-state index contributed by atoms with van der Waals surface area (Å²) in [6, 6.07) is 8.10. The smallest absolute Gasteiger partial charge is 0.255 e. The van der Waals surface area contributed by atoms with Crippen LogP contribution in [0.15, 0.2) is 30.3 Å². The molecular weight excluding hydrogens is 333 g/mol. The number of ether oxygens (including phenoxy) is 2. The lowest BCUT2D eigenvalue weighted by molar-refractivity contribution is 0.0947. The number of carbonyl (C=O) groups excluding carboxylic acids is 1. The summed E-state index contributed by atoms with van der Waals surface area (Å²) < 4.78 is 24.1. The Balaban J connectivity index is 1.74. The van der Waals surface area contributed by atoms with E-state index in [1.54, 1.807) is 18.2 Å². The number of rotatable bonds is 5. The van der Waals surface area contributed by atoms with Crippen molar-refractivity contribution in [3.8, 4) is 5.75 Å². The van der Waals surface area contributed by atoms with E-state index in [9.17, 15) is 9.18 Å². The Labute approximate surface area is 144 Å². The van der Waals surface area contributed by atoms with Crippen LogP contribution in [0.2, 0.25) is 5.02 Å². The van der Waals surface area contributed by atoms with Crippen LogP contribution in [0.1, 0.15) is 27.0 Å². The summed E-state index contributed by atoms with van der Waals surface area (Å²) in [6.45, 7) is 1.01. The molecule has 2 aromatic carbocycles. The Morgan fingerprint density at radius 1 is 1.38 bits per heavy atom. The van der Waals surface area contributed by atoms with Crippen LogP contribution in [0.3, 0.4) is 0 Å². The van der Waals surface area contributed by atoms with E-state index in [-0.39, 0.29) is 24.9 Å². The first-order chi connectivity index (χ1) is 11.6. The third kappa shape index (κ3) is 3.52. The molecule has 1 aliphatic heterocycles. The topological polar surface area (TPSA) is 47.6 Å². The van der Waals surface area contributed by atoms with Gasteiger partial charge in [-0.15, -0.1) is 0 Å². The van der Waals surface area contributed by atoms with Crippen molar-refractivity contribution in [2.75, 3.05) is 13.7 Å². The third-order valence-corrected chi connectivity index (χ3v) is 4.07. The predicted octanol–water partition coefficient (Wildman–Crippen LogP) is 3.49. The van der Waals surface area contributed by atoms with E-state index in [4.69, 9.17) is 21.1 Å². The second-order valence-corrected chi connectivity index (χ2v) is 6.02. The SMILES string of the molecule is COCc1cc(CNC(=O)c2cc(Cl)cc3c2OCC3)ccc1F. The quantitative estimate of drug-likeness (QED) is 0.898. The lowest BCUT2D eigenvalue weighted by atomic mass is 10.1. The fourth-order valence-corrected chi connectivity index (χ4v) is 2.96. The highest BCUT2D eigenvalue weighted by Crippen LogP contribution is 2.32. The molecule has 1 amide bonds. The molecule has 1 aliphatic rings. The highest BCUT2D eigenvalue weighted by Gasteiger charge is 2.21. The standard InChI is InChI=1S/C18H17ClFNO3/c1-23-10-13-6-11(2-3-16(13)20)9-21-18(22)15-8-14(19)7-12-4-5-24-17(12)15/h2-3,6-8H,4-5,9-10H2,1H3,(H,21,22). The van der Waals surface area contributed by atoms with Crippen LogP contribution >= 0.6 is 11.6 Å². The minimum Gasteiger partial charge on any atom is -0.492 e. The van der Waals surface area contributed by atoms with Gasteiger partial charge in [0, 0.05) is 30.7 Å². The van der Waals surface area contributed by atoms with E-state index >= 15 is 0 Å². The Morgan fingerprint density at radius 3 is 3.00 bits per heavy atom. The zero-order chi connectivity index (χ0) is 17.1. The van der Waals surface area contributed by atoms with E-state index < -0.39 is 0 Å². The minimum atomic E-state index is -0.326. The second-order valence-electron chi connectivity index (χ2n) is 5.58. The number of methoxy groups -OCH3 is 1. The molecule has 0 radical (unpaired) electrons. The molecule has 0 unspecified atom stereocenters. The number of carbonyl (C=O) groups is 1. The summed E-state index contributed by atoms with van der Waals surface area (Å²) in [5, 5.41) is 3.33. The molecule has 0 aromatic heterocycles. The molecule has 126 valence electrons. The van der Waals surface area contributed by atoms with E-state index in [1.165, 1.54) is 13.2 Å². The Bertz CT molecular complexity index is 779. The minimum absolute atomic E-state index is 0.184. The van der Waals surface area contributed by atoms with Gasteiger partial charge in [-0.1, -0.05) is 17.7 Å². The van der Waals surface area contributed by atoms with Crippen molar-refractivity contribution in [1.82, 2.24) is 5.32 Å². The van der Waals surface area contributed by atoms with Crippen LogP contribution < -0.4 is 10.1 Å². The summed E-state index contributed by atoms with van der Waals surface area (Å²) in [7, 11) is 1.51. The fraction of sp³-hybridized carbons (Fsp3) is 0.278. The molecule has 0 fully saturated rings. The average Bonchev–Trinajstić information content (AvgIpc) is 3.02. The predicted molar refractivity (Wildman–Crippen MR) is 88.9 cm³/mol. The van der Waals surface area contributed by atoms with Gasteiger partial charge in [-0.05, 0) is 35.4 Å². The largest absolute Gasteiger partial charge is 0.492 e. The molecule has 0 saturated heterocycles. The molecule has 6 heteroatoms. The average molecular weight is 350 g/mol. The van der Waals surface area contributed by atoms with Gasteiger partial charge in [-0.25, -0.2) is 4.39 Å². The second kappa shape index (κ2) is 7.20. The van der Waals surface area contributed by atoms with Gasteiger partial charge in [0.2, 0.25) is 0 Å². The van der Waals surface area contributed by atoms with Crippen LogP contribution in [0.4, 0.5) is 4.39 Å². The highest BCUT2D eigenvalue weighted by atomic mass is 35.5. The molecule has 24 heavy (non-hydrogen) atoms. The first-order valence-corrected chi connectivity index (χ1v) is 7.96. The van der Waals surface area contributed by atoms with Crippen LogP contribution in [-0.2, 0) is 24.3 Å². The zero-order valence-corrected chi connectivity index (χ0v) is 14.0. The molecule has 0 bridgehead atoms. The molecule has 0 spiro atoms. The van der Waals surface area contributed by atoms with Crippen molar-refractivity contribution in [2.24, 2.45) is 0 Å². The van der Waals surface area contributed by atoms with Crippen LogP contribution in [-0.4, -0.2) is 19.6 Å². The first-order valence-electron chi connectivity index (χ1n) is 7.58. The molecule has 4 nitrogen and oxygen atoms in total. The number of fused-ring (bicyclic) bond motifs is 1. The Morgan fingerprint density at radius 2 is 2.21 bits per heavy atom. The van der Waals surface area contributed by atoms with Crippen LogP contribution in [0.5, 0.6) is 5.75 Å². The summed E-state index contributed by atoms with van der Waals surface area (Å²) >= 11 is 6.07. The number of hydrogen-bond donors (Lipinski definition) is 1. The van der Waals surface area contributed by atoms with Crippen molar-refractivity contribution in [3.63, 3.8) is 0 Å². The van der Waals surface area contributed by atoms with E-state index in [1.807, 2.05) is 6.07 Å². The molecule has 0 saturated carbocycles. The van der Waals surface area contributed by atoms with Crippen molar-refractivity contribution in [2.45, 2.75) is 19.6 Å². The number of benzene rings is 2. The summed E-state index contributed by atoms with van der Waals surface area (Å²) in [5.74, 6) is -0.00247. The van der Waals surface area contributed by atoms with Crippen molar-refractivity contribution in [1.29, 1.82) is 0 Å². The molecule has 0 aliphatic carbocycles. The van der Waals surface area contributed by atoms with Crippen molar-refractivity contribution in [3.05, 3.63) is 63.4 Å². The zero-order valence-electron chi connectivity index (χ0n) is 13.2. The normalized spacial score (nSPS) is 12.6. The maximum atomic E-state index is 13.6. The summed E-state index contributed by atoms with van der Waals surface area (Å²) in [4.78, 5) is 12.5. The lowest BCUT2D eigenvalue weighted by Crippen LogP contribution is -2.23. The Kier molecular flexibility index (Phi) is 5.02. The van der Waals surface area contributed by atoms with Crippen molar-refractivity contribution < 1.29 is 18.7 Å². The molecular formula is C18H17ClFNO3. The van der Waals surface area contributed by atoms with Gasteiger partial charge >= 0.3 is 0 Å². The van der Waals surface area contributed by atoms with Gasteiger partial charge in [0.05, 0.1) is 18.8 Å². The molecule has 1 N–H and O–H groups in total. The Hall–Kier alpha value is -2.11. The molecule has 0 atom stereocenters. The fourth-order valence-electron chi connectivity index (χ4n) is 2.72. The van der Waals surface area contributed by atoms with Gasteiger partial charge < -0.3 is 14.8 Å². The maximum Gasteiger partial charge on any atom is 0.255 e. The van der Waals surface area contributed by atoms with Gasteiger partial charge in [0.1, 0.15) is 11.6 Å². The monoisotopic (exact) mass is 349 g/mol. The van der Waals surface area contributed by atoms with E-state index in [0.717, 1.165) is 17.5 Å². The molecule has 3 rings (SSSR count). The van der Waals surface area contributed by atoms with E-state index in [2.05, 4.69) is 5.32 Å². The molecule has 1 heterocycles. The summed E-state index contributed by atoms with van der Waals surface area (Å²) in [5.41, 5.74) is 2.61. The van der Waals surface area contributed by atoms with E-state index in [0.29, 0.717) is 28.5 Å². The molecule has 2 aromatic rings. The van der Waals surface area contributed by atoms with Crippen LogP contribution in [0, 0.1) is 5.82 Å². The third-order valence-electron chi connectivity index (χ3n) is 3.86. The number of amides is 1. The summed E-state index contributed by atoms with van der Waals surface area (Å²) in [6.07, 6.45) is 0.745. The number of halogens is 2. The van der Waals surface area contributed by atoms with Crippen LogP contribution in [0.25, 0.3) is 0 Å². The van der Waals surface area contributed by atoms with Gasteiger partial charge in [-0.2, -0.15) is 0 Å². The maximum absolute atomic E-state index is 13.6. The number of nitrogens with one attached hydrogen (secondary N) is 1.